The molecule has 0 spiro atoms. The summed E-state index contributed by atoms with van der Waals surface area (Å²) in [5.74, 6) is -0.483. The number of halogens is 3. The molecule has 13 heavy (non-hydrogen) atoms. The van der Waals surface area contributed by atoms with Crippen molar-refractivity contribution in [2.75, 3.05) is 0 Å². The average molecular weight is 195 g/mol. The number of alkyl halides is 3. The Hall–Kier alpha value is -1.00. The van der Waals surface area contributed by atoms with E-state index in [4.69, 9.17) is 4.11 Å². The van der Waals surface area contributed by atoms with Crippen molar-refractivity contribution in [3.63, 3.8) is 0 Å². The lowest BCUT2D eigenvalue weighted by Crippen LogP contribution is -2.05. The van der Waals surface area contributed by atoms with Crippen molar-refractivity contribution in [3.8, 4) is 0 Å². The summed E-state index contributed by atoms with van der Waals surface area (Å²) in [7, 11) is 0. The Balaban J connectivity index is 3.32. The zero-order valence-corrected chi connectivity index (χ0v) is 7.18. The van der Waals surface area contributed by atoms with Gasteiger partial charge < -0.3 is 4.57 Å². The Morgan fingerprint density at radius 2 is 2.15 bits per heavy atom. The summed E-state index contributed by atoms with van der Waals surface area (Å²) in [5.41, 5.74) is -1.17. The number of hydrogen-bond donors (Lipinski definition) is 0. The summed E-state index contributed by atoms with van der Waals surface area (Å²) >= 11 is 0. The molecule has 0 bridgehead atoms. The largest absolute Gasteiger partial charge is 0.434 e. The molecule has 2 nitrogen and oxygen atoms in total. The highest BCUT2D eigenvalue weighted by Gasteiger charge is 2.34. The second-order valence-corrected chi connectivity index (χ2v) is 3.01. The molecule has 0 aliphatic carbocycles. The highest BCUT2D eigenvalue weighted by Crippen LogP contribution is 2.29. The lowest BCUT2D eigenvalue weighted by Gasteiger charge is -2.02. The summed E-state index contributed by atoms with van der Waals surface area (Å²) in [6.45, 7) is 0.533. The summed E-state index contributed by atoms with van der Waals surface area (Å²) in [6.07, 6.45) is -4.09. The Morgan fingerprint density at radius 1 is 1.54 bits per heavy atom. The molecule has 5 heteroatoms. The van der Waals surface area contributed by atoms with Gasteiger partial charge in [-0.05, 0) is 0 Å². The second kappa shape index (κ2) is 3.05. The van der Waals surface area contributed by atoms with Crippen molar-refractivity contribution in [1.82, 2.24) is 9.55 Å². The van der Waals surface area contributed by atoms with Gasteiger partial charge in [-0.2, -0.15) is 13.2 Å². The molecule has 0 aliphatic heterocycles. The maximum absolute atomic E-state index is 12.4. The van der Waals surface area contributed by atoms with Gasteiger partial charge in [-0.3, -0.25) is 0 Å². The van der Waals surface area contributed by atoms with E-state index in [1.54, 1.807) is 13.8 Å². The van der Waals surface area contributed by atoms with Gasteiger partial charge in [0.1, 0.15) is 5.82 Å². The first-order valence-electron chi connectivity index (χ1n) is 5.20. The van der Waals surface area contributed by atoms with Crippen LogP contribution in [0.1, 0.15) is 35.4 Å². The van der Waals surface area contributed by atoms with Gasteiger partial charge in [0.2, 0.25) is 0 Å². The molecule has 0 N–H and O–H groups in total. The number of rotatable bonds is 1. The van der Waals surface area contributed by atoms with Gasteiger partial charge in [0.25, 0.3) is 0 Å². The zero-order chi connectivity index (χ0) is 12.7. The van der Waals surface area contributed by atoms with Crippen LogP contribution in [0.4, 0.5) is 13.2 Å². The molecule has 0 fully saturated rings. The Morgan fingerprint density at radius 3 is 2.46 bits per heavy atom. The number of imidazole rings is 1. The van der Waals surface area contributed by atoms with Crippen molar-refractivity contribution in [2.45, 2.75) is 25.9 Å². The Bertz CT molecular complexity index is 379. The predicted molar refractivity (Wildman–Crippen MR) is 42.3 cm³/mol. The molecule has 0 radical (unpaired) electrons. The summed E-state index contributed by atoms with van der Waals surface area (Å²) in [4.78, 5) is 3.33. The Kier molecular flexibility index (Phi) is 1.51. The van der Waals surface area contributed by atoms with Crippen molar-refractivity contribution >= 4 is 0 Å². The highest BCUT2D eigenvalue weighted by molar-refractivity contribution is 5.09. The van der Waals surface area contributed by atoms with Gasteiger partial charge in [-0.15, -0.1) is 0 Å². The maximum Gasteiger partial charge on any atom is 0.434 e. The SMILES string of the molecule is [2H]C([2H])([2H])n1cc(C(F)(F)F)nc1C(C)C. The van der Waals surface area contributed by atoms with Gasteiger partial charge in [0.15, 0.2) is 5.69 Å². The van der Waals surface area contributed by atoms with E-state index < -0.39 is 24.8 Å². The summed E-state index contributed by atoms with van der Waals surface area (Å²) in [5, 5.41) is 0. The monoisotopic (exact) mass is 195 g/mol. The van der Waals surface area contributed by atoms with Crippen molar-refractivity contribution in [2.24, 2.45) is 6.98 Å². The molecule has 0 aliphatic rings. The molecule has 0 saturated heterocycles. The van der Waals surface area contributed by atoms with Crippen LogP contribution in [0.2, 0.25) is 0 Å². The standard InChI is InChI=1S/C8H11F3N2/c1-5(2)7-12-6(4-13(7)3)8(9,10)11/h4-5H,1-3H3/i3D3. The molecule has 1 heterocycles. The molecule has 1 rings (SSSR count). The molecule has 0 unspecified atom stereocenters. The minimum Gasteiger partial charge on any atom is -0.337 e. The van der Waals surface area contributed by atoms with Crippen LogP contribution in [0.3, 0.4) is 0 Å². The lowest BCUT2D eigenvalue weighted by atomic mass is 10.2. The minimum absolute atomic E-state index is 0.0904. The molecular weight excluding hydrogens is 181 g/mol. The van der Waals surface area contributed by atoms with Crippen LogP contribution in [-0.4, -0.2) is 9.55 Å². The van der Waals surface area contributed by atoms with Crippen LogP contribution in [0.5, 0.6) is 0 Å². The topological polar surface area (TPSA) is 17.8 Å². The fourth-order valence-electron chi connectivity index (χ4n) is 0.938. The molecule has 74 valence electrons. The fraction of sp³-hybridized carbons (Fsp3) is 0.625. The van der Waals surface area contributed by atoms with Crippen molar-refractivity contribution < 1.29 is 17.3 Å². The lowest BCUT2D eigenvalue weighted by molar-refractivity contribution is -0.141. The van der Waals surface area contributed by atoms with Crippen LogP contribution in [0.15, 0.2) is 6.20 Å². The van der Waals surface area contributed by atoms with Crippen molar-refractivity contribution in [3.05, 3.63) is 17.7 Å². The van der Waals surface area contributed by atoms with E-state index in [-0.39, 0.29) is 5.82 Å². The van der Waals surface area contributed by atoms with E-state index >= 15 is 0 Å². The van der Waals surface area contributed by atoms with E-state index in [0.29, 0.717) is 10.8 Å². The van der Waals surface area contributed by atoms with Gasteiger partial charge in [0.05, 0.1) is 0 Å². The number of aryl methyl sites for hydroxylation is 1. The predicted octanol–water partition coefficient (Wildman–Crippen LogP) is 2.56. The van der Waals surface area contributed by atoms with E-state index in [2.05, 4.69) is 4.98 Å². The third-order valence-corrected chi connectivity index (χ3v) is 1.54. The third-order valence-electron chi connectivity index (χ3n) is 1.54. The first-order chi connectivity index (χ1) is 7.03. The molecule has 0 saturated carbocycles. The van der Waals surface area contributed by atoms with Crippen LogP contribution >= 0.6 is 0 Å². The number of nitrogens with zero attached hydrogens (tertiary/aromatic N) is 2. The van der Waals surface area contributed by atoms with E-state index in [9.17, 15) is 13.2 Å². The van der Waals surface area contributed by atoms with Crippen LogP contribution in [0.25, 0.3) is 0 Å². The van der Waals surface area contributed by atoms with Crippen LogP contribution in [0, 0.1) is 0 Å². The van der Waals surface area contributed by atoms with Crippen LogP contribution < -0.4 is 0 Å². The quantitative estimate of drug-likeness (QED) is 0.673. The van der Waals surface area contributed by atoms with Gasteiger partial charge in [-0.1, -0.05) is 13.8 Å². The normalized spacial score (nSPS) is 16.9. The summed E-state index contributed by atoms with van der Waals surface area (Å²) in [6, 6.07) is 0. The fourth-order valence-corrected chi connectivity index (χ4v) is 0.938. The van der Waals surface area contributed by atoms with E-state index in [1.807, 2.05) is 0 Å². The van der Waals surface area contributed by atoms with E-state index in [1.165, 1.54) is 0 Å². The number of aromatic nitrogens is 2. The molecule has 0 atom stereocenters. The first-order valence-corrected chi connectivity index (χ1v) is 3.70. The molecule has 1 aromatic rings. The molecular formula is C8H11F3N2. The molecule has 1 aromatic heterocycles. The maximum atomic E-state index is 12.4. The van der Waals surface area contributed by atoms with Crippen molar-refractivity contribution in [1.29, 1.82) is 0 Å². The Labute approximate surface area is 78.6 Å². The average Bonchev–Trinajstić information content (AvgIpc) is 2.44. The zero-order valence-electron chi connectivity index (χ0n) is 10.2. The smallest absolute Gasteiger partial charge is 0.337 e. The summed E-state index contributed by atoms with van der Waals surface area (Å²) < 4.78 is 59.1. The molecule has 0 aromatic carbocycles. The van der Waals surface area contributed by atoms with Gasteiger partial charge in [0, 0.05) is 23.2 Å². The minimum atomic E-state index is -4.62. The first kappa shape index (κ1) is 6.45. The second-order valence-electron chi connectivity index (χ2n) is 3.01. The van der Waals surface area contributed by atoms with Gasteiger partial charge >= 0.3 is 6.18 Å². The molecule has 0 amide bonds. The highest BCUT2D eigenvalue weighted by atomic mass is 19.4. The third kappa shape index (κ3) is 2.02. The van der Waals surface area contributed by atoms with Crippen LogP contribution in [-0.2, 0) is 13.2 Å². The van der Waals surface area contributed by atoms with E-state index in [0.717, 1.165) is 0 Å². The van der Waals surface area contributed by atoms with Gasteiger partial charge in [-0.25, -0.2) is 4.98 Å². The number of hydrogen-bond acceptors (Lipinski definition) is 1.